The summed E-state index contributed by atoms with van der Waals surface area (Å²) in [6.07, 6.45) is 0. The zero-order chi connectivity index (χ0) is 17.5. The Bertz CT molecular complexity index is 677. The lowest BCUT2D eigenvalue weighted by Gasteiger charge is -2.26. The molecule has 0 bridgehead atoms. The molecule has 1 aliphatic rings. The highest BCUT2D eigenvalue weighted by Gasteiger charge is 2.17. The molecule has 10 heteroatoms. The highest BCUT2D eigenvalue weighted by Crippen LogP contribution is 2.21. The molecule has 2 aromatic heterocycles. The van der Waals surface area contributed by atoms with Crippen LogP contribution in [0.25, 0.3) is 0 Å². The third kappa shape index (κ3) is 4.63. The van der Waals surface area contributed by atoms with Crippen LogP contribution in [0.2, 0.25) is 0 Å². The van der Waals surface area contributed by atoms with Crippen molar-refractivity contribution >= 4 is 11.9 Å². The maximum Gasteiger partial charge on any atom is 0.330 e. The van der Waals surface area contributed by atoms with Crippen LogP contribution in [0.3, 0.4) is 0 Å². The average Bonchev–Trinajstić information content (AvgIpc) is 2.64. The molecule has 134 valence electrons. The van der Waals surface area contributed by atoms with Crippen LogP contribution in [0.1, 0.15) is 13.8 Å². The van der Waals surface area contributed by atoms with Crippen molar-refractivity contribution < 1.29 is 14.2 Å². The van der Waals surface area contributed by atoms with E-state index in [1.54, 1.807) is 12.1 Å². The fourth-order valence-corrected chi connectivity index (χ4v) is 2.21. The van der Waals surface area contributed by atoms with Crippen molar-refractivity contribution in [3.05, 3.63) is 12.1 Å². The van der Waals surface area contributed by atoms with Crippen LogP contribution in [0.15, 0.2) is 12.1 Å². The summed E-state index contributed by atoms with van der Waals surface area (Å²) in [4.78, 5) is 15.1. The summed E-state index contributed by atoms with van der Waals surface area (Å²) in [6, 6.07) is 3.50. The number of nitrogens with one attached hydrogen (secondary N) is 1. The lowest BCUT2D eigenvalue weighted by atomic mass is 10.4. The Morgan fingerprint density at radius 1 is 1.08 bits per heavy atom. The Morgan fingerprint density at radius 3 is 2.52 bits per heavy atom. The van der Waals surface area contributed by atoms with Crippen LogP contribution < -0.4 is 19.7 Å². The predicted molar refractivity (Wildman–Crippen MR) is 90.3 cm³/mol. The van der Waals surface area contributed by atoms with Crippen molar-refractivity contribution in [3.8, 4) is 17.8 Å². The van der Waals surface area contributed by atoms with E-state index in [1.807, 2.05) is 18.7 Å². The summed E-state index contributed by atoms with van der Waals surface area (Å²) in [6.45, 7) is 7.79. The van der Waals surface area contributed by atoms with Gasteiger partial charge in [0.1, 0.15) is 0 Å². The zero-order valence-electron chi connectivity index (χ0n) is 14.3. The van der Waals surface area contributed by atoms with Crippen LogP contribution in [0.4, 0.5) is 11.9 Å². The van der Waals surface area contributed by atoms with E-state index in [0.717, 1.165) is 13.1 Å². The van der Waals surface area contributed by atoms with E-state index in [-0.39, 0.29) is 11.9 Å². The second-order valence-corrected chi connectivity index (χ2v) is 5.12. The van der Waals surface area contributed by atoms with Gasteiger partial charge in [-0.25, -0.2) is 0 Å². The molecule has 3 rings (SSSR count). The van der Waals surface area contributed by atoms with E-state index in [4.69, 9.17) is 14.2 Å². The van der Waals surface area contributed by atoms with Crippen LogP contribution in [0, 0.1) is 0 Å². The minimum atomic E-state index is 0.158. The molecule has 1 fully saturated rings. The number of ether oxygens (including phenoxy) is 3. The van der Waals surface area contributed by atoms with Gasteiger partial charge in [0.05, 0.1) is 19.8 Å². The fourth-order valence-electron chi connectivity index (χ4n) is 2.21. The number of aromatic nitrogens is 5. The van der Waals surface area contributed by atoms with E-state index in [2.05, 4.69) is 30.5 Å². The topological polar surface area (TPSA) is 107 Å². The highest BCUT2D eigenvalue weighted by molar-refractivity contribution is 5.39. The molecule has 0 amide bonds. The molecule has 1 aliphatic heterocycles. The van der Waals surface area contributed by atoms with Gasteiger partial charge in [-0.3, -0.25) is 0 Å². The Kier molecular flexibility index (Phi) is 5.73. The molecule has 1 saturated heterocycles. The molecule has 0 radical (unpaired) electrons. The average molecular weight is 347 g/mol. The largest absolute Gasteiger partial charge is 0.477 e. The molecule has 25 heavy (non-hydrogen) atoms. The number of anilines is 2. The van der Waals surface area contributed by atoms with Crippen molar-refractivity contribution in [1.29, 1.82) is 0 Å². The Morgan fingerprint density at radius 2 is 1.84 bits per heavy atom. The first kappa shape index (κ1) is 17.1. The maximum absolute atomic E-state index is 5.64. The standard InChI is InChI=1S/C15H21N7O3/c1-3-16-13-17-14(22-7-9-23-10-8-22)19-15(18-13)25-12-6-5-11(20-21-12)24-4-2/h5-6H,3-4,7-10H2,1-2H3,(H,16,17,18,19). The first-order chi connectivity index (χ1) is 12.3. The first-order valence-electron chi connectivity index (χ1n) is 8.25. The molecule has 0 unspecified atom stereocenters. The third-order valence-corrected chi connectivity index (χ3v) is 3.34. The molecule has 0 saturated carbocycles. The third-order valence-electron chi connectivity index (χ3n) is 3.34. The van der Waals surface area contributed by atoms with Crippen molar-refractivity contribution in [2.75, 3.05) is 49.7 Å². The van der Waals surface area contributed by atoms with Gasteiger partial charge in [0.25, 0.3) is 0 Å². The molecule has 0 aliphatic carbocycles. The minimum absolute atomic E-state index is 0.158. The predicted octanol–water partition coefficient (Wildman–Crippen LogP) is 1.12. The monoisotopic (exact) mass is 347 g/mol. The van der Waals surface area contributed by atoms with Gasteiger partial charge < -0.3 is 24.4 Å². The van der Waals surface area contributed by atoms with Gasteiger partial charge in [0, 0.05) is 31.8 Å². The van der Waals surface area contributed by atoms with E-state index in [0.29, 0.717) is 44.1 Å². The summed E-state index contributed by atoms with van der Waals surface area (Å²) < 4.78 is 16.3. The van der Waals surface area contributed by atoms with Gasteiger partial charge in [0.15, 0.2) is 0 Å². The van der Waals surface area contributed by atoms with Crippen molar-refractivity contribution in [1.82, 2.24) is 25.1 Å². The number of hydrogen-bond acceptors (Lipinski definition) is 10. The van der Waals surface area contributed by atoms with E-state index in [1.165, 1.54) is 0 Å². The summed E-state index contributed by atoms with van der Waals surface area (Å²) in [5.41, 5.74) is 0. The lowest BCUT2D eigenvalue weighted by molar-refractivity contribution is 0.122. The second-order valence-electron chi connectivity index (χ2n) is 5.12. The maximum atomic E-state index is 5.64. The normalized spacial score (nSPS) is 14.2. The summed E-state index contributed by atoms with van der Waals surface area (Å²) >= 11 is 0. The number of morpholine rings is 1. The fraction of sp³-hybridized carbons (Fsp3) is 0.533. The Hall–Kier alpha value is -2.75. The molecule has 2 aromatic rings. The van der Waals surface area contributed by atoms with E-state index in [9.17, 15) is 0 Å². The number of hydrogen-bond donors (Lipinski definition) is 1. The number of rotatable bonds is 7. The molecular weight excluding hydrogens is 326 g/mol. The number of nitrogens with zero attached hydrogens (tertiary/aromatic N) is 6. The quantitative estimate of drug-likeness (QED) is 0.782. The minimum Gasteiger partial charge on any atom is -0.477 e. The second kappa shape index (κ2) is 8.38. The van der Waals surface area contributed by atoms with E-state index < -0.39 is 0 Å². The molecular formula is C15H21N7O3. The van der Waals surface area contributed by atoms with Crippen molar-refractivity contribution in [3.63, 3.8) is 0 Å². The lowest BCUT2D eigenvalue weighted by Crippen LogP contribution is -2.37. The van der Waals surface area contributed by atoms with Crippen LogP contribution in [-0.4, -0.2) is 64.6 Å². The molecule has 0 aromatic carbocycles. The molecule has 1 N–H and O–H groups in total. The van der Waals surface area contributed by atoms with Crippen LogP contribution in [-0.2, 0) is 4.74 Å². The Balaban J connectivity index is 1.79. The van der Waals surface area contributed by atoms with Gasteiger partial charge in [0.2, 0.25) is 23.7 Å². The van der Waals surface area contributed by atoms with Gasteiger partial charge in [-0.1, -0.05) is 0 Å². The first-order valence-corrected chi connectivity index (χ1v) is 8.25. The molecule has 10 nitrogen and oxygen atoms in total. The van der Waals surface area contributed by atoms with Crippen molar-refractivity contribution in [2.45, 2.75) is 13.8 Å². The molecule has 0 atom stereocenters. The van der Waals surface area contributed by atoms with Gasteiger partial charge >= 0.3 is 6.01 Å². The summed E-state index contributed by atoms with van der Waals surface area (Å²) in [5.74, 6) is 1.72. The smallest absolute Gasteiger partial charge is 0.330 e. The van der Waals surface area contributed by atoms with Gasteiger partial charge in [-0.2, -0.15) is 15.0 Å². The van der Waals surface area contributed by atoms with Crippen molar-refractivity contribution in [2.24, 2.45) is 0 Å². The highest BCUT2D eigenvalue weighted by atomic mass is 16.5. The zero-order valence-corrected chi connectivity index (χ0v) is 14.3. The van der Waals surface area contributed by atoms with Gasteiger partial charge in [-0.05, 0) is 13.8 Å². The molecule has 3 heterocycles. The van der Waals surface area contributed by atoms with Gasteiger partial charge in [-0.15, -0.1) is 10.2 Å². The van der Waals surface area contributed by atoms with E-state index >= 15 is 0 Å². The van der Waals surface area contributed by atoms with Crippen LogP contribution in [0.5, 0.6) is 17.8 Å². The summed E-state index contributed by atoms with van der Waals surface area (Å²) in [5, 5.41) is 11.0. The SMILES string of the molecule is CCNc1nc(Oc2ccc(OCC)nn2)nc(N2CCOCC2)n1. The molecule has 0 spiro atoms. The van der Waals surface area contributed by atoms with Crippen LogP contribution >= 0.6 is 0 Å². The Labute approximate surface area is 145 Å². The summed E-state index contributed by atoms with van der Waals surface area (Å²) in [7, 11) is 0.